The van der Waals surface area contributed by atoms with Crippen LogP contribution in [0.15, 0.2) is 30.5 Å². The first-order chi connectivity index (χ1) is 15.6. The van der Waals surface area contributed by atoms with E-state index in [4.69, 9.17) is 19.4 Å². The van der Waals surface area contributed by atoms with Crippen molar-refractivity contribution in [1.82, 2.24) is 9.97 Å². The number of rotatable bonds is 4. The van der Waals surface area contributed by atoms with Crippen LogP contribution in [0.25, 0.3) is 32.2 Å². The number of fused-ring (bicyclic) bond motifs is 1. The van der Waals surface area contributed by atoms with Gasteiger partial charge in [0, 0.05) is 50.7 Å². The molecule has 0 aliphatic carbocycles. The Labute approximate surface area is 196 Å². The number of aromatic nitrogens is 2. The molecule has 3 aromatic heterocycles. The molecule has 1 aliphatic heterocycles. The van der Waals surface area contributed by atoms with Crippen molar-refractivity contribution in [2.45, 2.75) is 52.7 Å². The molecule has 170 valence electrons. The Hall–Kier alpha value is -3.03. The van der Waals surface area contributed by atoms with Gasteiger partial charge in [0.15, 0.2) is 6.10 Å². The van der Waals surface area contributed by atoms with Gasteiger partial charge in [0.25, 0.3) is 0 Å². The van der Waals surface area contributed by atoms with Gasteiger partial charge in [-0.1, -0.05) is 0 Å². The van der Waals surface area contributed by atoms with Gasteiger partial charge in [-0.25, -0.2) is 9.78 Å². The van der Waals surface area contributed by atoms with Crippen LogP contribution < -0.4 is 4.74 Å². The van der Waals surface area contributed by atoms with Gasteiger partial charge in [-0.05, 0) is 64.4 Å². The molecule has 0 amide bonds. The molecule has 0 saturated carbocycles. The second-order valence-electron chi connectivity index (χ2n) is 9.41. The average molecular weight is 463 g/mol. The number of aliphatic carboxylic acids is 1. The summed E-state index contributed by atoms with van der Waals surface area (Å²) in [5, 5.41) is 12.1. The van der Waals surface area contributed by atoms with Crippen molar-refractivity contribution in [3.63, 3.8) is 0 Å². The molecule has 0 fully saturated rings. The maximum atomic E-state index is 12.5. The van der Waals surface area contributed by atoms with Crippen molar-refractivity contribution < 1.29 is 19.4 Å². The monoisotopic (exact) mass is 462 g/mol. The summed E-state index contributed by atoms with van der Waals surface area (Å²) < 4.78 is 12.0. The molecule has 7 heteroatoms. The predicted molar refractivity (Wildman–Crippen MR) is 130 cm³/mol. The van der Waals surface area contributed by atoms with Crippen LogP contribution in [0.1, 0.15) is 48.6 Å². The van der Waals surface area contributed by atoms with Crippen molar-refractivity contribution >= 4 is 38.4 Å². The Balaban J connectivity index is 1.90. The van der Waals surface area contributed by atoms with Gasteiger partial charge in [-0.2, -0.15) is 0 Å². The number of hydrogen-bond donors (Lipinski definition) is 1. The van der Waals surface area contributed by atoms with Crippen molar-refractivity contribution in [1.29, 1.82) is 0 Å². The summed E-state index contributed by atoms with van der Waals surface area (Å²) in [6.07, 6.45) is 1.47. The molecule has 1 aliphatic rings. The molecule has 0 radical (unpaired) electrons. The zero-order valence-corrected chi connectivity index (χ0v) is 20.2. The van der Waals surface area contributed by atoms with E-state index in [0.717, 1.165) is 49.3 Å². The van der Waals surface area contributed by atoms with Crippen LogP contribution in [-0.2, 0) is 16.0 Å². The quantitative estimate of drug-likeness (QED) is 0.400. The van der Waals surface area contributed by atoms with E-state index < -0.39 is 17.7 Å². The highest BCUT2D eigenvalue weighted by molar-refractivity contribution is 7.18. The van der Waals surface area contributed by atoms with Crippen LogP contribution in [0, 0.1) is 13.8 Å². The van der Waals surface area contributed by atoms with Gasteiger partial charge in [0.2, 0.25) is 0 Å². The first-order valence-corrected chi connectivity index (χ1v) is 11.8. The Kier molecular flexibility index (Phi) is 5.14. The highest BCUT2D eigenvalue weighted by Gasteiger charge is 2.33. The summed E-state index contributed by atoms with van der Waals surface area (Å²) in [6, 6.07) is 8.06. The topological polar surface area (TPSA) is 81.5 Å². The molecule has 0 spiro atoms. The van der Waals surface area contributed by atoms with Gasteiger partial charge < -0.3 is 14.6 Å². The molecule has 5 rings (SSSR count). The molecule has 1 N–H and O–H groups in total. The number of benzene rings is 1. The van der Waals surface area contributed by atoms with E-state index in [1.54, 1.807) is 11.3 Å². The standard InChI is InChI=1S/C26H26N2O4S/c1-13-12-17-21(16-6-7-18-20-15(9-11-31-18)8-10-27-22(16)20)19(14(2)28-24(17)33-13)23(25(29)30)32-26(3,4)5/h6-8,10,12,23H,9,11H2,1-5H3,(H,29,30)/t23-/m0/s1. The number of nitrogens with zero attached hydrogens (tertiary/aromatic N) is 2. The Morgan fingerprint density at radius 1 is 1.24 bits per heavy atom. The van der Waals surface area contributed by atoms with Gasteiger partial charge in [0.05, 0.1) is 17.7 Å². The van der Waals surface area contributed by atoms with Crippen LogP contribution >= 0.6 is 11.3 Å². The van der Waals surface area contributed by atoms with Crippen LogP contribution in [0.2, 0.25) is 0 Å². The molecule has 4 heterocycles. The maximum absolute atomic E-state index is 12.5. The Morgan fingerprint density at radius 2 is 2.03 bits per heavy atom. The minimum atomic E-state index is -1.17. The highest BCUT2D eigenvalue weighted by Crippen LogP contribution is 2.45. The first-order valence-electron chi connectivity index (χ1n) is 11.0. The summed E-state index contributed by atoms with van der Waals surface area (Å²) in [4.78, 5) is 24.0. The van der Waals surface area contributed by atoms with Crippen molar-refractivity contribution in [3.05, 3.63) is 52.2 Å². The van der Waals surface area contributed by atoms with E-state index in [1.165, 1.54) is 5.56 Å². The Morgan fingerprint density at radius 3 is 2.76 bits per heavy atom. The van der Waals surface area contributed by atoms with E-state index in [9.17, 15) is 9.90 Å². The van der Waals surface area contributed by atoms with Crippen LogP contribution in [0.3, 0.4) is 0 Å². The van der Waals surface area contributed by atoms with E-state index in [2.05, 4.69) is 6.07 Å². The number of ether oxygens (including phenoxy) is 2. The fraction of sp³-hybridized carbons (Fsp3) is 0.346. The molecule has 33 heavy (non-hydrogen) atoms. The van der Waals surface area contributed by atoms with Gasteiger partial charge >= 0.3 is 5.97 Å². The normalized spacial score (nSPS) is 14.5. The van der Waals surface area contributed by atoms with Crippen LogP contribution in [-0.4, -0.2) is 33.3 Å². The Bertz CT molecular complexity index is 1410. The molecule has 1 atom stereocenters. The second kappa shape index (κ2) is 7.78. The molecule has 0 unspecified atom stereocenters. The summed E-state index contributed by atoms with van der Waals surface area (Å²) in [7, 11) is 0. The lowest BCUT2D eigenvalue weighted by Gasteiger charge is -2.28. The summed E-state index contributed by atoms with van der Waals surface area (Å²) in [5.41, 5.74) is 4.25. The molecule has 0 saturated heterocycles. The third-order valence-corrected chi connectivity index (χ3v) is 6.77. The maximum Gasteiger partial charge on any atom is 0.337 e. The van der Waals surface area contributed by atoms with E-state index in [-0.39, 0.29) is 0 Å². The number of thiophene rings is 1. The summed E-state index contributed by atoms with van der Waals surface area (Å²) >= 11 is 1.60. The highest BCUT2D eigenvalue weighted by atomic mass is 32.1. The third kappa shape index (κ3) is 3.75. The number of carboxylic acids is 1. The SMILES string of the molecule is Cc1cc2c(-c3ccc4c5c(ccnc35)CCO4)c([C@H](OC(C)(C)C)C(=O)O)c(C)nc2s1. The predicted octanol–water partition coefficient (Wildman–Crippen LogP) is 6.00. The van der Waals surface area contributed by atoms with Crippen molar-refractivity contribution in [2.24, 2.45) is 0 Å². The van der Waals surface area contributed by atoms with Crippen molar-refractivity contribution in [2.75, 3.05) is 6.61 Å². The lowest BCUT2D eigenvalue weighted by atomic mass is 9.89. The lowest BCUT2D eigenvalue weighted by Crippen LogP contribution is -2.28. The van der Waals surface area contributed by atoms with E-state index in [0.29, 0.717) is 17.9 Å². The number of aryl methyl sites for hydroxylation is 2. The van der Waals surface area contributed by atoms with Crippen molar-refractivity contribution in [3.8, 4) is 16.9 Å². The average Bonchev–Trinajstić information content (AvgIpc) is 3.11. The number of carbonyl (C=O) groups is 1. The number of pyridine rings is 2. The number of hydrogen-bond acceptors (Lipinski definition) is 6. The smallest absolute Gasteiger partial charge is 0.337 e. The largest absolute Gasteiger partial charge is 0.493 e. The molecule has 4 aromatic rings. The summed E-state index contributed by atoms with van der Waals surface area (Å²) in [5.74, 6) is -0.227. The zero-order chi connectivity index (χ0) is 23.5. The zero-order valence-electron chi connectivity index (χ0n) is 19.4. The molecular weight excluding hydrogens is 436 g/mol. The van der Waals surface area contributed by atoms with Gasteiger partial charge in [-0.3, -0.25) is 4.98 Å². The molecule has 0 bridgehead atoms. The minimum Gasteiger partial charge on any atom is -0.493 e. The summed E-state index contributed by atoms with van der Waals surface area (Å²) in [6.45, 7) is 10.1. The van der Waals surface area contributed by atoms with E-state index >= 15 is 0 Å². The minimum absolute atomic E-state index is 0.571. The fourth-order valence-electron chi connectivity index (χ4n) is 4.60. The second-order valence-corrected chi connectivity index (χ2v) is 10.6. The fourth-order valence-corrected chi connectivity index (χ4v) is 5.54. The molecule has 6 nitrogen and oxygen atoms in total. The molecule has 1 aromatic carbocycles. The van der Waals surface area contributed by atoms with E-state index in [1.807, 2.05) is 59.0 Å². The lowest BCUT2D eigenvalue weighted by molar-refractivity contribution is -0.160. The third-order valence-electron chi connectivity index (χ3n) is 5.83. The van der Waals surface area contributed by atoms with Crippen LogP contribution in [0.4, 0.5) is 0 Å². The van der Waals surface area contributed by atoms with Gasteiger partial charge in [0.1, 0.15) is 10.6 Å². The number of carboxylic acid groups (broad SMARTS) is 1. The van der Waals surface area contributed by atoms with Crippen LogP contribution in [0.5, 0.6) is 5.75 Å². The van der Waals surface area contributed by atoms with Gasteiger partial charge in [-0.15, -0.1) is 11.3 Å². The first kappa shape index (κ1) is 21.8. The molecular formula is C26H26N2O4S.